The molecule has 1 aliphatic heterocycles. The molecule has 1 fully saturated rings. The number of benzene rings is 1. The molecule has 0 radical (unpaired) electrons. The van der Waals surface area contributed by atoms with E-state index < -0.39 is 33.8 Å². The van der Waals surface area contributed by atoms with Crippen LogP contribution in [0.1, 0.15) is 17.7 Å². The zero-order chi connectivity index (χ0) is 29.2. The van der Waals surface area contributed by atoms with E-state index in [2.05, 4.69) is 34.2 Å². The summed E-state index contributed by atoms with van der Waals surface area (Å²) in [4.78, 5) is 1.95. The molecule has 8 nitrogen and oxygen atoms in total. The number of fused-ring (bicyclic) bond motifs is 1. The van der Waals surface area contributed by atoms with Gasteiger partial charge in [-0.3, -0.25) is 0 Å². The lowest BCUT2D eigenvalue weighted by atomic mass is 10.0. The first kappa shape index (κ1) is 29.2. The maximum atomic E-state index is 14.7. The molecule has 0 spiro atoms. The number of ether oxygens (including phenoxy) is 1. The van der Waals surface area contributed by atoms with Crippen LogP contribution in [0.5, 0.6) is 5.75 Å². The highest BCUT2D eigenvalue weighted by Gasteiger charge is 2.37. The van der Waals surface area contributed by atoms with Gasteiger partial charge in [-0.2, -0.15) is 18.3 Å². The molecule has 1 aliphatic rings. The predicted molar refractivity (Wildman–Crippen MR) is 146 cm³/mol. The molecule has 3 heterocycles. The largest absolute Gasteiger partial charge is 0.495 e. The highest BCUT2D eigenvalue weighted by Crippen LogP contribution is 2.37. The second kappa shape index (κ2) is 11.4. The highest BCUT2D eigenvalue weighted by molar-refractivity contribution is 7.90. The third kappa shape index (κ3) is 6.34. The van der Waals surface area contributed by atoms with Gasteiger partial charge in [-0.15, -0.1) is 0 Å². The van der Waals surface area contributed by atoms with Gasteiger partial charge in [0.1, 0.15) is 23.4 Å². The first-order valence-corrected chi connectivity index (χ1v) is 14.2. The molecule has 2 N–H and O–H groups in total. The van der Waals surface area contributed by atoms with E-state index in [1.165, 1.54) is 35.9 Å². The molecular weight excluding hydrogens is 550 g/mol. The van der Waals surface area contributed by atoms with Crippen molar-refractivity contribution in [2.75, 3.05) is 50.7 Å². The molecule has 214 valence electrons. The molecule has 2 atom stereocenters. The van der Waals surface area contributed by atoms with Gasteiger partial charge in [-0.05, 0) is 43.7 Å². The minimum atomic E-state index is -4.73. The first-order chi connectivity index (χ1) is 18.8. The molecule has 0 bridgehead atoms. The number of alkyl halides is 4. The third-order valence-corrected chi connectivity index (χ3v) is 7.66. The number of nitrogens with zero attached hydrogens (tertiary/aromatic N) is 3. The lowest BCUT2D eigenvalue weighted by Crippen LogP contribution is -2.46. The van der Waals surface area contributed by atoms with Gasteiger partial charge in [-0.25, -0.2) is 17.3 Å². The van der Waals surface area contributed by atoms with Crippen molar-refractivity contribution >= 4 is 32.4 Å². The van der Waals surface area contributed by atoms with E-state index in [1.54, 1.807) is 12.1 Å². The van der Waals surface area contributed by atoms with E-state index in [0.29, 0.717) is 24.5 Å². The number of rotatable bonds is 7. The van der Waals surface area contributed by atoms with Gasteiger partial charge < -0.3 is 20.3 Å². The summed E-state index contributed by atoms with van der Waals surface area (Å²) in [6.45, 7) is 4.17. The summed E-state index contributed by atoms with van der Waals surface area (Å²) in [6.07, 6.45) is -4.30. The van der Waals surface area contributed by atoms with E-state index >= 15 is 0 Å². The highest BCUT2D eigenvalue weighted by atomic mass is 32.2. The number of allylic oxidation sites excluding steroid dienone is 1. The monoisotopic (exact) mass is 579 g/mol. The van der Waals surface area contributed by atoms with Crippen LogP contribution in [0.3, 0.4) is 0 Å². The van der Waals surface area contributed by atoms with Crippen molar-refractivity contribution < 1.29 is 30.7 Å². The minimum absolute atomic E-state index is 0.00931. The summed E-state index contributed by atoms with van der Waals surface area (Å²) in [5.74, 6) is 6.06. The Hall–Kier alpha value is -3.76. The molecule has 0 unspecified atom stereocenters. The fourth-order valence-electron chi connectivity index (χ4n) is 4.43. The number of aromatic nitrogens is 2. The first-order valence-electron chi connectivity index (χ1n) is 12.3. The van der Waals surface area contributed by atoms with Crippen molar-refractivity contribution in [3.8, 4) is 17.6 Å². The smallest absolute Gasteiger partial charge is 0.416 e. The lowest BCUT2D eigenvalue weighted by molar-refractivity contribution is -0.0686. The van der Waals surface area contributed by atoms with Crippen LogP contribution in [0.15, 0.2) is 47.9 Å². The molecule has 1 aromatic carbocycles. The number of sulfone groups is 1. The summed E-state index contributed by atoms with van der Waals surface area (Å²) < 4.78 is 86.1. The molecular formula is C27H29F4N5O3S. The van der Waals surface area contributed by atoms with Crippen LogP contribution in [-0.4, -0.2) is 81.4 Å². The van der Waals surface area contributed by atoms with Gasteiger partial charge in [0.05, 0.1) is 41.4 Å². The molecule has 2 aromatic heterocycles. The molecule has 4 rings (SSSR count). The van der Waals surface area contributed by atoms with Gasteiger partial charge in [-0.1, -0.05) is 18.6 Å². The van der Waals surface area contributed by atoms with Crippen LogP contribution < -0.4 is 15.4 Å². The summed E-state index contributed by atoms with van der Waals surface area (Å²) >= 11 is 0. The Morgan fingerprint density at radius 1 is 1.27 bits per heavy atom. The molecule has 40 heavy (non-hydrogen) atoms. The summed E-state index contributed by atoms with van der Waals surface area (Å²) in [6, 6.07) is 8.42. The topological polar surface area (TPSA) is 88.0 Å². The number of halogens is 4. The lowest BCUT2D eigenvalue weighted by Gasteiger charge is -2.33. The fourth-order valence-corrected chi connectivity index (χ4v) is 5.07. The average molecular weight is 580 g/mol. The number of pyridine rings is 1. The Bertz CT molecular complexity index is 1590. The second-order valence-corrected chi connectivity index (χ2v) is 11.5. The van der Waals surface area contributed by atoms with Gasteiger partial charge in [0, 0.05) is 31.0 Å². The fraction of sp³-hybridized carbons (Fsp3) is 0.370. The SMILES string of the molecule is C=C(c1c(C#CCNc2ccc(S(C)(=O)=O)cc2OC)nn2c(N[C@@H]3CCN(C)C[C@@H]3F)cccc12)C(F)(F)F. The number of anilines is 2. The zero-order valence-electron chi connectivity index (χ0n) is 22.1. The average Bonchev–Trinajstić information content (AvgIpc) is 3.25. The number of nitrogens with one attached hydrogen (secondary N) is 2. The standard InChI is InChI=1S/C27H29F4N5O3S/c1-17(27(29,30)31)26-22(7-6-13-32-21-11-10-18(40(4,37)38)15-24(21)39-3)34-36-23(26)8-5-9-25(36)33-20-12-14-35(2)16-19(20)28/h5,8-11,15,19-20,32-33H,1,12-14,16H2,2-4H3/t19-,20+/m0/s1. The minimum Gasteiger partial charge on any atom is -0.495 e. The van der Waals surface area contributed by atoms with Crippen molar-refractivity contribution in [3.63, 3.8) is 0 Å². The zero-order valence-corrected chi connectivity index (χ0v) is 23.0. The number of hydrogen-bond acceptors (Lipinski definition) is 7. The summed E-state index contributed by atoms with van der Waals surface area (Å²) in [5.41, 5.74) is -0.926. The van der Waals surface area contributed by atoms with E-state index in [9.17, 15) is 26.0 Å². The number of methoxy groups -OCH3 is 1. The van der Waals surface area contributed by atoms with Gasteiger partial charge in [0.25, 0.3) is 0 Å². The maximum Gasteiger partial charge on any atom is 0.416 e. The van der Waals surface area contributed by atoms with Crippen LogP contribution in [0.4, 0.5) is 29.1 Å². The van der Waals surface area contributed by atoms with Crippen molar-refractivity contribution in [2.24, 2.45) is 0 Å². The molecule has 3 aromatic rings. The van der Waals surface area contributed by atoms with E-state index in [1.807, 2.05) is 11.9 Å². The molecule has 1 saturated heterocycles. The van der Waals surface area contributed by atoms with Crippen molar-refractivity contribution in [3.05, 3.63) is 54.2 Å². The van der Waals surface area contributed by atoms with E-state index in [4.69, 9.17) is 4.74 Å². The maximum absolute atomic E-state index is 14.7. The Kier molecular flexibility index (Phi) is 8.32. The van der Waals surface area contributed by atoms with E-state index in [-0.39, 0.29) is 40.5 Å². The Balaban J connectivity index is 1.65. The molecule has 13 heteroatoms. The van der Waals surface area contributed by atoms with Crippen LogP contribution in [0.2, 0.25) is 0 Å². The normalized spacial score (nSPS) is 18.2. The van der Waals surface area contributed by atoms with Gasteiger partial charge in [0.15, 0.2) is 9.84 Å². The second-order valence-electron chi connectivity index (χ2n) is 9.52. The predicted octanol–water partition coefficient (Wildman–Crippen LogP) is 4.24. The van der Waals surface area contributed by atoms with Crippen LogP contribution in [0, 0.1) is 11.8 Å². The summed E-state index contributed by atoms with van der Waals surface area (Å²) in [7, 11) is -0.237. The van der Waals surface area contributed by atoms with Gasteiger partial charge in [0.2, 0.25) is 0 Å². The van der Waals surface area contributed by atoms with Crippen LogP contribution in [-0.2, 0) is 9.84 Å². The molecule has 0 aliphatic carbocycles. The van der Waals surface area contributed by atoms with Crippen molar-refractivity contribution in [2.45, 2.75) is 29.7 Å². The number of hydrogen-bond donors (Lipinski definition) is 2. The van der Waals surface area contributed by atoms with Gasteiger partial charge >= 0.3 is 6.18 Å². The molecule has 0 amide bonds. The number of piperidine rings is 1. The van der Waals surface area contributed by atoms with Crippen molar-refractivity contribution in [1.82, 2.24) is 14.5 Å². The number of likely N-dealkylation sites (tertiary alicyclic amines) is 1. The van der Waals surface area contributed by atoms with E-state index in [0.717, 1.165) is 6.26 Å². The molecule has 0 saturated carbocycles. The Labute approximate surface area is 229 Å². The Morgan fingerprint density at radius 3 is 2.67 bits per heavy atom. The quantitative estimate of drug-likeness (QED) is 0.320. The van der Waals surface area contributed by atoms with Crippen LogP contribution >= 0.6 is 0 Å². The van der Waals surface area contributed by atoms with Crippen molar-refractivity contribution in [1.29, 1.82) is 0 Å². The summed E-state index contributed by atoms with van der Waals surface area (Å²) in [5, 5.41) is 10.4. The Morgan fingerprint density at radius 2 is 2.02 bits per heavy atom. The van der Waals surface area contributed by atoms with Crippen LogP contribution in [0.25, 0.3) is 11.1 Å². The third-order valence-electron chi connectivity index (χ3n) is 6.55.